The maximum absolute atomic E-state index is 12.6. The van der Waals surface area contributed by atoms with E-state index < -0.39 is 0 Å². The Morgan fingerprint density at radius 3 is 2.75 bits per heavy atom. The van der Waals surface area contributed by atoms with E-state index in [0.29, 0.717) is 18.5 Å². The van der Waals surface area contributed by atoms with Crippen molar-refractivity contribution in [1.82, 2.24) is 4.90 Å². The van der Waals surface area contributed by atoms with Gasteiger partial charge < -0.3 is 9.64 Å². The van der Waals surface area contributed by atoms with Crippen LogP contribution in [-0.4, -0.2) is 35.9 Å². The molecule has 1 aliphatic heterocycles. The number of ether oxygens (including phenoxy) is 1. The van der Waals surface area contributed by atoms with Crippen LogP contribution in [0.3, 0.4) is 0 Å². The molecule has 1 aromatic rings. The molecule has 0 radical (unpaired) electrons. The summed E-state index contributed by atoms with van der Waals surface area (Å²) in [5.41, 5.74) is 0.731. The Bertz CT molecular complexity index is 431. The van der Waals surface area contributed by atoms with Gasteiger partial charge in [-0.3, -0.25) is 4.79 Å². The lowest BCUT2D eigenvalue weighted by molar-refractivity contribution is 0.0609. The van der Waals surface area contributed by atoms with Crippen molar-refractivity contribution in [2.75, 3.05) is 19.0 Å². The first kappa shape index (κ1) is 15.2. The van der Waals surface area contributed by atoms with E-state index in [4.69, 9.17) is 16.3 Å². The maximum Gasteiger partial charge on any atom is 0.254 e. The number of piperidine rings is 1. The molecule has 20 heavy (non-hydrogen) atoms. The van der Waals surface area contributed by atoms with E-state index in [-0.39, 0.29) is 5.91 Å². The number of halogens is 1. The largest absolute Gasteiger partial charge is 0.494 e. The quantitative estimate of drug-likeness (QED) is 0.775. The second kappa shape index (κ2) is 7.53. The minimum Gasteiger partial charge on any atom is -0.494 e. The fourth-order valence-electron chi connectivity index (χ4n) is 2.72. The van der Waals surface area contributed by atoms with Crippen LogP contribution in [0.25, 0.3) is 0 Å². The van der Waals surface area contributed by atoms with Crippen LogP contribution in [0.4, 0.5) is 0 Å². The fraction of sp³-hybridized carbons (Fsp3) is 0.562. The van der Waals surface area contributed by atoms with Crippen LogP contribution in [0, 0.1) is 0 Å². The molecule has 110 valence electrons. The van der Waals surface area contributed by atoms with Gasteiger partial charge in [0.1, 0.15) is 5.75 Å². The van der Waals surface area contributed by atoms with E-state index in [1.807, 2.05) is 36.1 Å². The molecule has 1 unspecified atom stereocenters. The summed E-state index contributed by atoms with van der Waals surface area (Å²) in [6.07, 6.45) is 4.22. The molecule has 0 aromatic heterocycles. The molecule has 2 rings (SSSR count). The predicted octanol–water partition coefficient (Wildman–Crippen LogP) is 3.71. The van der Waals surface area contributed by atoms with Gasteiger partial charge in [-0.05, 0) is 56.9 Å². The minimum atomic E-state index is 0.114. The number of carbonyl (C=O) groups is 1. The zero-order valence-electron chi connectivity index (χ0n) is 12.0. The third-order valence-corrected chi connectivity index (χ3v) is 3.96. The highest BCUT2D eigenvalue weighted by Gasteiger charge is 2.26. The summed E-state index contributed by atoms with van der Waals surface area (Å²) < 4.78 is 5.40. The summed E-state index contributed by atoms with van der Waals surface area (Å²) >= 11 is 5.85. The van der Waals surface area contributed by atoms with E-state index in [0.717, 1.165) is 37.1 Å². The van der Waals surface area contributed by atoms with Crippen LogP contribution in [-0.2, 0) is 0 Å². The van der Waals surface area contributed by atoms with Crippen LogP contribution in [0.1, 0.15) is 43.0 Å². The normalized spacial score (nSPS) is 18.9. The van der Waals surface area contributed by atoms with Crippen molar-refractivity contribution in [2.45, 2.75) is 38.6 Å². The Kier molecular flexibility index (Phi) is 5.72. The molecule has 0 spiro atoms. The second-order valence-electron chi connectivity index (χ2n) is 5.08. The lowest BCUT2D eigenvalue weighted by atomic mass is 9.99. The van der Waals surface area contributed by atoms with Crippen molar-refractivity contribution in [3.63, 3.8) is 0 Å². The number of benzene rings is 1. The highest BCUT2D eigenvalue weighted by atomic mass is 35.5. The summed E-state index contributed by atoms with van der Waals surface area (Å²) in [6, 6.07) is 7.70. The van der Waals surface area contributed by atoms with Crippen molar-refractivity contribution >= 4 is 17.5 Å². The number of hydrogen-bond donors (Lipinski definition) is 0. The molecule has 1 saturated heterocycles. The van der Waals surface area contributed by atoms with E-state index in [2.05, 4.69) is 0 Å². The smallest absolute Gasteiger partial charge is 0.254 e. The zero-order chi connectivity index (χ0) is 14.4. The topological polar surface area (TPSA) is 29.5 Å². The molecular formula is C16H22ClNO2. The molecule has 4 heteroatoms. The highest BCUT2D eigenvalue weighted by molar-refractivity contribution is 6.17. The molecule has 0 bridgehead atoms. The Labute approximate surface area is 125 Å². The van der Waals surface area contributed by atoms with Crippen LogP contribution in [0.15, 0.2) is 24.3 Å². The summed E-state index contributed by atoms with van der Waals surface area (Å²) in [7, 11) is 0. The maximum atomic E-state index is 12.6. The number of alkyl halides is 1. The average molecular weight is 296 g/mol. The van der Waals surface area contributed by atoms with Gasteiger partial charge >= 0.3 is 0 Å². The second-order valence-corrected chi connectivity index (χ2v) is 5.46. The number of likely N-dealkylation sites (tertiary alicyclic amines) is 1. The molecule has 3 nitrogen and oxygen atoms in total. The Balaban J connectivity index is 2.08. The van der Waals surface area contributed by atoms with Crippen molar-refractivity contribution in [1.29, 1.82) is 0 Å². The molecule has 0 N–H and O–H groups in total. The standard InChI is InChI=1S/C16H22ClNO2/c1-2-20-15-8-6-13(7-9-15)16(19)18-12-4-3-5-14(18)10-11-17/h6-9,14H,2-5,10-12H2,1H3. The van der Waals surface area contributed by atoms with E-state index in [1.54, 1.807) is 0 Å². The first-order chi connectivity index (χ1) is 9.76. The van der Waals surface area contributed by atoms with Gasteiger partial charge in [-0.25, -0.2) is 0 Å². The summed E-state index contributed by atoms with van der Waals surface area (Å²) in [4.78, 5) is 14.6. The molecule has 1 aliphatic rings. The van der Waals surface area contributed by atoms with E-state index in [9.17, 15) is 4.79 Å². The summed E-state index contributed by atoms with van der Waals surface area (Å²) in [5, 5.41) is 0. The van der Waals surface area contributed by atoms with Gasteiger partial charge in [0.25, 0.3) is 5.91 Å². The average Bonchev–Trinajstić information content (AvgIpc) is 2.49. The third kappa shape index (κ3) is 3.66. The van der Waals surface area contributed by atoms with Gasteiger partial charge in [-0.1, -0.05) is 0 Å². The predicted molar refractivity (Wildman–Crippen MR) is 81.6 cm³/mol. The number of nitrogens with zero attached hydrogens (tertiary/aromatic N) is 1. The lowest BCUT2D eigenvalue weighted by Gasteiger charge is -2.35. The van der Waals surface area contributed by atoms with Gasteiger partial charge in [0.2, 0.25) is 0 Å². The van der Waals surface area contributed by atoms with Crippen LogP contribution in [0.5, 0.6) is 5.75 Å². The van der Waals surface area contributed by atoms with Gasteiger partial charge in [0.15, 0.2) is 0 Å². The molecule has 0 aliphatic carbocycles. The first-order valence-electron chi connectivity index (χ1n) is 7.36. The van der Waals surface area contributed by atoms with Gasteiger partial charge in [-0.15, -0.1) is 11.6 Å². The Hall–Kier alpha value is -1.22. The number of carbonyl (C=O) groups excluding carboxylic acids is 1. The highest BCUT2D eigenvalue weighted by Crippen LogP contribution is 2.23. The Morgan fingerprint density at radius 1 is 1.35 bits per heavy atom. The number of hydrogen-bond acceptors (Lipinski definition) is 2. The summed E-state index contributed by atoms with van der Waals surface area (Å²) in [6.45, 7) is 3.42. The van der Waals surface area contributed by atoms with E-state index in [1.165, 1.54) is 6.42 Å². The SMILES string of the molecule is CCOc1ccc(C(=O)N2CCCCC2CCCl)cc1. The lowest BCUT2D eigenvalue weighted by Crippen LogP contribution is -2.43. The van der Waals surface area contributed by atoms with Crippen molar-refractivity contribution in [3.05, 3.63) is 29.8 Å². The monoisotopic (exact) mass is 295 g/mol. The number of rotatable bonds is 5. The first-order valence-corrected chi connectivity index (χ1v) is 7.89. The number of amides is 1. The van der Waals surface area contributed by atoms with Crippen molar-refractivity contribution < 1.29 is 9.53 Å². The molecule has 1 heterocycles. The zero-order valence-corrected chi connectivity index (χ0v) is 12.7. The van der Waals surface area contributed by atoms with Crippen molar-refractivity contribution in [2.24, 2.45) is 0 Å². The Morgan fingerprint density at radius 2 is 2.10 bits per heavy atom. The van der Waals surface area contributed by atoms with Crippen LogP contribution < -0.4 is 4.74 Å². The molecule has 0 saturated carbocycles. The van der Waals surface area contributed by atoms with Gasteiger partial charge in [-0.2, -0.15) is 0 Å². The van der Waals surface area contributed by atoms with Gasteiger partial charge in [0.05, 0.1) is 6.61 Å². The fourth-order valence-corrected chi connectivity index (χ4v) is 2.97. The van der Waals surface area contributed by atoms with Crippen LogP contribution >= 0.6 is 11.6 Å². The van der Waals surface area contributed by atoms with Crippen LogP contribution in [0.2, 0.25) is 0 Å². The van der Waals surface area contributed by atoms with E-state index >= 15 is 0 Å². The van der Waals surface area contributed by atoms with Crippen molar-refractivity contribution in [3.8, 4) is 5.75 Å². The minimum absolute atomic E-state index is 0.114. The molecular weight excluding hydrogens is 274 g/mol. The summed E-state index contributed by atoms with van der Waals surface area (Å²) in [5.74, 6) is 1.53. The molecule has 1 amide bonds. The molecule has 1 fully saturated rings. The molecule has 1 atom stereocenters. The molecule has 1 aromatic carbocycles. The third-order valence-electron chi connectivity index (χ3n) is 3.74. The van der Waals surface area contributed by atoms with Gasteiger partial charge in [0, 0.05) is 24.0 Å².